The number of methoxy groups -OCH3 is 2. The normalized spacial score (nSPS) is 12.1. The maximum atomic E-state index is 12.6. The Morgan fingerprint density at radius 2 is 1.63 bits per heavy atom. The van der Waals surface area contributed by atoms with Crippen LogP contribution in [0.4, 0.5) is 18.9 Å². The molecule has 1 atom stereocenters. The Morgan fingerprint density at radius 3 is 2.20 bits per heavy atom. The fourth-order valence-electron chi connectivity index (χ4n) is 2.58. The third-order valence-electron chi connectivity index (χ3n) is 4.22. The van der Waals surface area contributed by atoms with Crippen LogP contribution in [-0.4, -0.2) is 32.2 Å². The molecule has 1 amide bonds. The molecule has 0 fully saturated rings. The lowest BCUT2D eigenvalue weighted by Crippen LogP contribution is -2.30. The number of aryl methyl sites for hydroxylation is 1. The van der Waals surface area contributed by atoms with Crippen LogP contribution in [0.2, 0.25) is 0 Å². The van der Waals surface area contributed by atoms with Crippen molar-refractivity contribution in [1.29, 1.82) is 0 Å². The maximum absolute atomic E-state index is 12.6. The molecule has 2 rings (SSSR count). The highest BCUT2D eigenvalue weighted by Gasteiger charge is 2.30. The van der Waals surface area contributed by atoms with Gasteiger partial charge in [-0.2, -0.15) is 13.2 Å². The Balaban J connectivity index is 1.85. The molecule has 0 spiro atoms. The van der Waals surface area contributed by atoms with E-state index in [-0.39, 0.29) is 12.1 Å². The van der Waals surface area contributed by atoms with Gasteiger partial charge in [0.2, 0.25) is 0 Å². The van der Waals surface area contributed by atoms with Gasteiger partial charge in [0.1, 0.15) is 0 Å². The highest BCUT2D eigenvalue weighted by atomic mass is 19.4. The fraction of sp³-hybridized carbons (Fsp3) is 0.333. The predicted octanol–water partition coefficient (Wildman–Crippen LogP) is 4.23. The first-order chi connectivity index (χ1) is 14.1. The van der Waals surface area contributed by atoms with E-state index in [0.29, 0.717) is 17.9 Å². The highest BCUT2D eigenvalue weighted by Crippen LogP contribution is 2.30. The van der Waals surface area contributed by atoms with Gasteiger partial charge < -0.3 is 19.5 Å². The van der Waals surface area contributed by atoms with E-state index >= 15 is 0 Å². The van der Waals surface area contributed by atoms with Gasteiger partial charge >= 0.3 is 12.1 Å². The molecule has 0 saturated carbocycles. The molecule has 162 valence electrons. The first-order valence-corrected chi connectivity index (χ1v) is 9.02. The molecule has 0 aliphatic carbocycles. The van der Waals surface area contributed by atoms with Gasteiger partial charge in [-0.15, -0.1) is 0 Å². The minimum absolute atomic E-state index is 0.0351. The zero-order valence-electron chi connectivity index (χ0n) is 16.7. The monoisotopic (exact) mass is 425 g/mol. The summed E-state index contributed by atoms with van der Waals surface area (Å²) in [5.74, 6) is -0.126. The van der Waals surface area contributed by atoms with Crippen molar-refractivity contribution in [3.8, 4) is 11.5 Å². The minimum Gasteiger partial charge on any atom is -0.493 e. The average Bonchev–Trinajstić information content (AvgIpc) is 2.71. The lowest BCUT2D eigenvalue weighted by molar-refractivity contribution is -0.153. The quantitative estimate of drug-likeness (QED) is 0.641. The van der Waals surface area contributed by atoms with E-state index in [1.54, 1.807) is 18.2 Å². The fourth-order valence-corrected chi connectivity index (χ4v) is 2.58. The number of benzene rings is 2. The molecule has 1 unspecified atom stereocenters. The second-order valence-corrected chi connectivity index (χ2v) is 6.39. The summed E-state index contributed by atoms with van der Waals surface area (Å²) in [6.07, 6.45) is -5.16. The Hall–Kier alpha value is -3.23. The van der Waals surface area contributed by atoms with Gasteiger partial charge in [0.25, 0.3) is 5.91 Å². The van der Waals surface area contributed by atoms with Crippen molar-refractivity contribution in [2.75, 3.05) is 19.5 Å². The number of amides is 1. The van der Waals surface area contributed by atoms with Crippen LogP contribution in [-0.2, 0) is 26.9 Å². The van der Waals surface area contributed by atoms with Crippen molar-refractivity contribution in [2.45, 2.75) is 32.0 Å². The number of esters is 1. The molecule has 0 aromatic heterocycles. The number of halogens is 3. The van der Waals surface area contributed by atoms with Crippen LogP contribution in [0, 0.1) is 0 Å². The maximum Gasteiger partial charge on any atom is 0.416 e. The Labute approximate surface area is 171 Å². The first-order valence-electron chi connectivity index (χ1n) is 9.02. The van der Waals surface area contributed by atoms with Crippen LogP contribution in [0.15, 0.2) is 42.5 Å². The minimum atomic E-state index is -4.46. The summed E-state index contributed by atoms with van der Waals surface area (Å²) in [7, 11) is 3.03. The van der Waals surface area contributed by atoms with E-state index in [0.717, 1.165) is 29.8 Å². The zero-order valence-corrected chi connectivity index (χ0v) is 16.7. The number of alkyl halides is 3. The van der Waals surface area contributed by atoms with Gasteiger partial charge in [-0.1, -0.05) is 6.07 Å². The largest absolute Gasteiger partial charge is 0.493 e. The van der Waals surface area contributed by atoms with Crippen molar-refractivity contribution in [1.82, 2.24) is 0 Å². The molecule has 0 radical (unpaired) electrons. The molecule has 6 nitrogen and oxygen atoms in total. The molecule has 0 bridgehead atoms. The number of ether oxygens (including phenoxy) is 3. The Bertz CT molecular complexity index is 881. The van der Waals surface area contributed by atoms with Gasteiger partial charge in [-0.05, 0) is 55.3 Å². The molecule has 0 saturated heterocycles. The van der Waals surface area contributed by atoms with Crippen LogP contribution in [0.3, 0.4) is 0 Å². The van der Waals surface area contributed by atoms with Crippen molar-refractivity contribution < 1.29 is 37.0 Å². The summed E-state index contributed by atoms with van der Waals surface area (Å²) < 4.78 is 53.2. The SMILES string of the molecule is COc1ccc(CCC(=O)OC(C)C(=O)Nc2ccc(C(F)(F)F)cc2)cc1OC. The topological polar surface area (TPSA) is 73.9 Å². The zero-order chi connectivity index (χ0) is 22.3. The van der Waals surface area contributed by atoms with Crippen LogP contribution >= 0.6 is 0 Å². The summed E-state index contributed by atoms with van der Waals surface area (Å²) in [5, 5.41) is 2.41. The van der Waals surface area contributed by atoms with E-state index in [9.17, 15) is 22.8 Å². The number of hydrogen-bond acceptors (Lipinski definition) is 5. The summed E-state index contributed by atoms with van der Waals surface area (Å²) in [6, 6.07) is 9.23. The van der Waals surface area contributed by atoms with Crippen molar-refractivity contribution in [3.63, 3.8) is 0 Å². The highest BCUT2D eigenvalue weighted by molar-refractivity contribution is 5.95. The van der Waals surface area contributed by atoms with Crippen LogP contribution in [0.1, 0.15) is 24.5 Å². The standard InChI is InChI=1S/C21H22F3NO5/c1-13(20(27)25-16-8-6-15(7-9-16)21(22,23)24)30-19(26)11-5-14-4-10-17(28-2)18(12-14)29-3/h4,6-10,12-13H,5,11H2,1-3H3,(H,25,27). The molecule has 0 aliphatic heterocycles. The van der Waals surface area contributed by atoms with Gasteiger partial charge in [-0.3, -0.25) is 9.59 Å². The number of carbonyl (C=O) groups is 2. The lowest BCUT2D eigenvalue weighted by Gasteiger charge is -2.14. The Kier molecular flexibility index (Phi) is 7.68. The molecule has 9 heteroatoms. The Morgan fingerprint density at radius 1 is 1.00 bits per heavy atom. The molecular weight excluding hydrogens is 403 g/mol. The predicted molar refractivity (Wildman–Crippen MR) is 103 cm³/mol. The van der Waals surface area contributed by atoms with Crippen LogP contribution < -0.4 is 14.8 Å². The van der Waals surface area contributed by atoms with Crippen LogP contribution in [0.5, 0.6) is 11.5 Å². The number of carbonyl (C=O) groups excluding carboxylic acids is 2. The van der Waals surface area contributed by atoms with E-state index in [4.69, 9.17) is 14.2 Å². The lowest BCUT2D eigenvalue weighted by atomic mass is 10.1. The molecule has 0 heterocycles. The van der Waals surface area contributed by atoms with Crippen molar-refractivity contribution in [2.24, 2.45) is 0 Å². The summed E-state index contributed by atoms with van der Waals surface area (Å²) in [6.45, 7) is 1.38. The summed E-state index contributed by atoms with van der Waals surface area (Å²) in [5.41, 5.74) is 0.169. The van der Waals surface area contributed by atoms with E-state index in [1.165, 1.54) is 21.1 Å². The molecular formula is C21H22F3NO5. The van der Waals surface area contributed by atoms with E-state index in [1.807, 2.05) is 0 Å². The molecule has 1 N–H and O–H groups in total. The smallest absolute Gasteiger partial charge is 0.416 e. The van der Waals surface area contributed by atoms with Gasteiger partial charge in [0.15, 0.2) is 17.6 Å². The van der Waals surface area contributed by atoms with Crippen LogP contribution in [0.25, 0.3) is 0 Å². The van der Waals surface area contributed by atoms with Gasteiger partial charge in [-0.25, -0.2) is 0 Å². The number of hydrogen-bond donors (Lipinski definition) is 1. The number of anilines is 1. The van der Waals surface area contributed by atoms with Gasteiger partial charge in [0.05, 0.1) is 19.8 Å². The van der Waals surface area contributed by atoms with Gasteiger partial charge in [0, 0.05) is 12.1 Å². The second kappa shape index (κ2) is 10.00. The molecule has 30 heavy (non-hydrogen) atoms. The average molecular weight is 425 g/mol. The molecule has 2 aromatic carbocycles. The summed E-state index contributed by atoms with van der Waals surface area (Å²) >= 11 is 0. The van der Waals surface area contributed by atoms with E-state index in [2.05, 4.69) is 5.32 Å². The second-order valence-electron chi connectivity index (χ2n) is 6.39. The van der Waals surface area contributed by atoms with E-state index < -0.39 is 29.7 Å². The van der Waals surface area contributed by atoms with Crippen molar-refractivity contribution in [3.05, 3.63) is 53.6 Å². The first kappa shape index (κ1) is 23.1. The molecule has 0 aliphatic rings. The number of nitrogens with one attached hydrogen (secondary N) is 1. The summed E-state index contributed by atoms with van der Waals surface area (Å²) in [4.78, 5) is 24.2. The third kappa shape index (κ3) is 6.40. The molecule has 2 aromatic rings. The third-order valence-corrected chi connectivity index (χ3v) is 4.22. The van der Waals surface area contributed by atoms with Crippen molar-refractivity contribution >= 4 is 17.6 Å². The number of rotatable bonds is 8.